The van der Waals surface area contributed by atoms with Crippen LogP contribution in [0.25, 0.3) is 0 Å². The molecule has 0 spiro atoms. The topological polar surface area (TPSA) is 21.1 Å². The third kappa shape index (κ3) is 3.58. The van der Waals surface area contributed by atoms with Gasteiger partial charge in [-0.2, -0.15) is 5.10 Å². The molecule has 3 nitrogen and oxygen atoms in total. The molecule has 0 saturated carbocycles. The largest absolute Gasteiger partial charge is 0.303 e. The predicted molar refractivity (Wildman–Crippen MR) is 75.8 cm³/mol. The van der Waals surface area contributed by atoms with Gasteiger partial charge in [0.25, 0.3) is 0 Å². The van der Waals surface area contributed by atoms with E-state index in [1.54, 1.807) is 0 Å². The van der Waals surface area contributed by atoms with Gasteiger partial charge in [-0.05, 0) is 36.8 Å². The second-order valence-electron chi connectivity index (χ2n) is 6.73. The minimum atomic E-state index is 0.347. The van der Waals surface area contributed by atoms with Gasteiger partial charge in [-0.25, -0.2) is 0 Å². The normalized spacial score (nSPS) is 19.3. The van der Waals surface area contributed by atoms with E-state index in [-0.39, 0.29) is 0 Å². The first-order valence-corrected chi connectivity index (χ1v) is 7.23. The number of likely N-dealkylation sites (tertiary alicyclic amines) is 1. The van der Waals surface area contributed by atoms with Crippen LogP contribution in [0, 0.1) is 5.41 Å². The van der Waals surface area contributed by atoms with Crippen molar-refractivity contribution in [2.45, 2.75) is 53.0 Å². The maximum atomic E-state index is 4.57. The summed E-state index contributed by atoms with van der Waals surface area (Å²) in [5.74, 6) is 0. The van der Waals surface area contributed by atoms with Crippen molar-refractivity contribution in [3.05, 3.63) is 18.0 Å². The van der Waals surface area contributed by atoms with Gasteiger partial charge in [0.2, 0.25) is 0 Å². The Morgan fingerprint density at radius 1 is 1.28 bits per heavy atom. The van der Waals surface area contributed by atoms with Gasteiger partial charge in [0.1, 0.15) is 0 Å². The molecule has 0 N–H and O–H groups in total. The molecule has 0 amide bonds. The molecule has 2 rings (SSSR count). The molecular weight excluding hydrogens is 222 g/mol. The highest BCUT2D eigenvalue weighted by Crippen LogP contribution is 2.24. The molecule has 2 heterocycles. The fourth-order valence-electron chi connectivity index (χ4n) is 2.78. The average molecular weight is 249 g/mol. The molecule has 0 unspecified atom stereocenters. The lowest BCUT2D eigenvalue weighted by Crippen LogP contribution is -2.34. The van der Waals surface area contributed by atoms with Crippen LogP contribution < -0.4 is 0 Å². The van der Waals surface area contributed by atoms with Crippen LogP contribution in [0.2, 0.25) is 0 Å². The molecule has 0 aliphatic carbocycles. The van der Waals surface area contributed by atoms with Crippen LogP contribution in [0.5, 0.6) is 0 Å². The summed E-state index contributed by atoms with van der Waals surface area (Å²) >= 11 is 0. The Bertz CT molecular complexity index is 367. The smallest absolute Gasteiger partial charge is 0.0543 e. The Morgan fingerprint density at radius 3 is 2.50 bits per heavy atom. The standard InChI is InChI=1S/C15H27N3/c1-5-17-8-6-14(7-9-17)18-12-13(11-16-18)10-15(2,3)4/h11-12,14H,5-10H2,1-4H3. The van der Waals surface area contributed by atoms with Crippen molar-refractivity contribution < 1.29 is 0 Å². The highest BCUT2D eigenvalue weighted by Gasteiger charge is 2.20. The Balaban J connectivity index is 1.94. The first-order valence-electron chi connectivity index (χ1n) is 7.23. The quantitative estimate of drug-likeness (QED) is 0.820. The van der Waals surface area contributed by atoms with Gasteiger partial charge in [-0.3, -0.25) is 4.68 Å². The number of rotatable bonds is 3. The third-order valence-electron chi connectivity index (χ3n) is 3.77. The monoisotopic (exact) mass is 249 g/mol. The van der Waals surface area contributed by atoms with Crippen molar-refractivity contribution in [2.75, 3.05) is 19.6 Å². The van der Waals surface area contributed by atoms with Gasteiger partial charge >= 0.3 is 0 Å². The van der Waals surface area contributed by atoms with E-state index >= 15 is 0 Å². The molecule has 1 fully saturated rings. The van der Waals surface area contributed by atoms with E-state index in [1.165, 1.54) is 38.0 Å². The van der Waals surface area contributed by atoms with E-state index in [0.717, 1.165) is 6.42 Å². The summed E-state index contributed by atoms with van der Waals surface area (Å²) < 4.78 is 2.20. The SMILES string of the molecule is CCN1CCC(n2cc(CC(C)(C)C)cn2)CC1. The number of nitrogens with zero attached hydrogens (tertiary/aromatic N) is 3. The summed E-state index contributed by atoms with van der Waals surface area (Å²) in [4.78, 5) is 2.52. The molecule has 1 aliphatic heterocycles. The molecule has 18 heavy (non-hydrogen) atoms. The summed E-state index contributed by atoms with van der Waals surface area (Å²) in [6.07, 6.45) is 7.91. The zero-order valence-electron chi connectivity index (χ0n) is 12.3. The van der Waals surface area contributed by atoms with Crippen molar-refractivity contribution in [2.24, 2.45) is 5.41 Å². The molecule has 102 valence electrons. The lowest BCUT2D eigenvalue weighted by molar-refractivity contribution is 0.187. The summed E-state index contributed by atoms with van der Waals surface area (Å²) in [5, 5.41) is 4.57. The van der Waals surface area contributed by atoms with Crippen molar-refractivity contribution >= 4 is 0 Å². The highest BCUT2D eigenvalue weighted by molar-refractivity contribution is 5.07. The van der Waals surface area contributed by atoms with Crippen LogP contribution in [-0.4, -0.2) is 34.3 Å². The van der Waals surface area contributed by atoms with E-state index in [2.05, 4.69) is 54.8 Å². The highest BCUT2D eigenvalue weighted by atomic mass is 15.3. The van der Waals surface area contributed by atoms with Crippen molar-refractivity contribution in [1.29, 1.82) is 0 Å². The van der Waals surface area contributed by atoms with E-state index in [4.69, 9.17) is 0 Å². The zero-order chi connectivity index (χ0) is 13.2. The molecule has 0 radical (unpaired) electrons. The number of hydrogen-bond acceptors (Lipinski definition) is 2. The second kappa shape index (κ2) is 5.43. The predicted octanol–water partition coefficient (Wildman–Crippen LogP) is 3.13. The second-order valence-corrected chi connectivity index (χ2v) is 6.73. The van der Waals surface area contributed by atoms with Gasteiger partial charge in [0.05, 0.1) is 12.2 Å². The van der Waals surface area contributed by atoms with Gasteiger partial charge in [-0.15, -0.1) is 0 Å². The van der Waals surface area contributed by atoms with Crippen molar-refractivity contribution in [3.63, 3.8) is 0 Å². The summed E-state index contributed by atoms with van der Waals surface area (Å²) in [6, 6.07) is 0.613. The minimum absolute atomic E-state index is 0.347. The zero-order valence-corrected chi connectivity index (χ0v) is 12.3. The van der Waals surface area contributed by atoms with Gasteiger partial charge in [0.15, 0.2) is 0 Å². The van der Waals surface area contributed by atoms with Crippen LogP contribution in [0.15, 0.2) is 12.4 Å². The fraction of sp³-hybridized carbons (Fsp3) is 0.800. The Hall–Kier alpha value is -0.830. The lowest BCUT2D eigenvalue weighted by Gasteiger charge is -2.31. The number of aromatic nitrogens is 2. The van der Waals surface area contributed by atoms with Gasteiger partial charge in [-0.1, -0.05) is 27.7 Å². The maximum absolute atomic E-state index is 4.57. The first-order chi connectivity index (χ1) is 8.48. The Morgan fingerprint density at radius 2 is 1.94 bits per heavy atom. The summed E-state index contributed by atoms with van der Waals surface area (Å²) in [5.41, 5.74) is 1.72. The van der Waals surface area contributed by atoms with Crippen molar-refractivity contribution in [3.8, 4) is 0 Å². The molecular formula is C15H27N3. The maximum Gasteiger partial charge on any atom is 0.0543 e. The van der Waals surface area contributed by atoms with E-state index in [9.17, 15) is 0 Å². The van der Waals surface area contributed by atoms with Crippen LogP contribution >= 0.6 is 0 Å². The molecule has 0 atom stereocenters. The van der Waals surface area contributed by atoms with Gasteiger partial charge < -0.3 is 4.90 Å². The van der Waals surface area contributed by atoms with E-state index in [0.29, 0.717) is 11.5 Å². The summed E-state index contributed by atoms with van der Waals surface area (Å²) in [7, 11) is 0. The Kier molecular flexibility index (Phi) is 4.10. The number of piperidine rings is 1. The first kappa shape index (κ1) is 13.6. The lowest BCUT2D eigenvalue weighted by atomic mass is 9.89. The van der Waals surface area contributed by atoms with E-state index in [1.807, 2.05) is 0 Å². The molecule has 1 saturated heterocycles. The van der Waals surface area contributed by atoms with Crippen LogP contribution in [0.1, 0.15) is 52.1 Å². The van der Waals surface area contributed by atoms with Crippen molar-refractivity contribution in [1.82, 2.24) is 14.7 Å². The van der Waals surface area contributed by atoms with Crippen LogP contribution in [0.3, 0.4) is 0 Å². The molecule has 1 aliphatic rings. The molecule has 0 aromatic carbocycles. The summed E-state index contributed by atoms with van der Waals surface area (Å²) in [6.45, 7) is 12.7. The minimum Gasteiger partial charge on any atom is -0.303 e. The third-order valence-corrected chi connectivity index (χ3v) is 3.77. The molecule has 1 aromatic heterocycles. The fourth-order valence-corrected chi connectivity index (χ4v) is 2.78. The molecule has 0 bridgehead atoms. The van der Waals surface area contributed by atoms with E-state index < -0.39 is 0 Å². The van der Waals surface area contributed by atoms with Crippen LogP contribution in [-0.2, 0) is 6.42 Å². The van der Waals surface area contributed by atoms with Gasteiger partial charge in [0, 0.05) is 19.3 Å². The number of hydrogen-bond donors (Lipinski definition) is 0. The molecule has 1 aromatic rings. The average Bonchev–Trinajstić information content (AvgIpc) is 2.75. The molecule has 3 heteroatoms. The van der Waals surface area contributed by atoms with Crippen LogP contribution in [0.4, 0.5) is 0 Å². The Labute approximate surface area is 111 Å².